The second-order valence-electron chi connectivity index (χ2n) is 10.1. The van der Waals surface area contributed by atoms with Crippen LogP contribution in [-0.2, 0) is 19.9 Å². The second-order valence-corrected chi connectivity index (χ2v) is 12.0. The molecule has 0 saturated carbocycles. The van der Waals surface area contributed by atoms with Crippen molar-refractivity contribution in [2.45, 2.75) is 34.0 Å². The van der Waals surface area contributed by atoms with Crippen molar-refractivity contribution in [1.29, 1.82) is 0 Å². The number of hydrogen-bond acceptors (Lipinski definition) is 5. The van der Waals surface area contributed by atoms with E-state index in [9.17, 15) is 14.4 Å². The maximum atomic E-state index is 14.6. The lowest BCUT2D eigenvalue weighted by Crippen LogP contribution is -2.57. The zero-order chi connectivity index (χ0) is 25.9. The minimum Gasteiger partial charge on any atom is -0.497 e. The molecule has 4 unspecified atom stereocenters. The molecule has 0 aromatic heterocycles. The van der Waals surface area contributed by atoms with Crippen LogP contribution in [0.4, 0.5) is 11.4 Å². The van der Waals surface area contributed by atoms with Gasteiger partial charge in [-0.3, -0.25) is 24.2 Å². The molecule has 0 radical (unpaired) electrons. The van der Waals surface area contributed by atoms with Crippen LogP contribution in [0, 0.1) is 0 Å². The van der Waals surface area contributed by atoms with Crippen molar-refractivity contribution in [1.82, 2.24) is 4.90 Å². The van der Waals surface area contributed by atoms with Crippen molar-refractivity contribution in [3.63, 3.8) is 0 Å². The fourth-order valence-corrected chi connectivity index (χ4v) is 8.18. The molecule has 36 heavy (non-hydrogen) atoms. The van der Waals surface area contributed by atoms with Crippen molar-refractivity contribution in [2.75, 3.05) is 23.9 Å². The summed E-state index contributed by atoms with van der Waals surface area (Å²) in [5.41, 5.74) is -0.421. The number of amides is 3. The van der Waals surface area contributed by atoms with Gasteiger partial charge in [-0.2, -0.15) is 0 Å². The summed E-state index contributed by atoms with van der Waals surface area (Å²) in [6, 6.07) is 7.41. The Kier molecular flexibility index (Phi) is 5.14. The Hall–Kier alpha value is -1.90. The highest BCUT2D eigenvalue weighted by Crippen LogP contribution is 2.78. The number of benzene rings is 2. The first-order valence-corrected chi connectivity index (χ1v) is 12.9. The number of carbonyl (C=O) groups excluding carboxylic acids is 3. The van der Waals surface area contributed by atoms with Crippen LogP contribution in [0.3, 0.4) is 0 Å². The predicted octanol–water partition coefficient (Wildman–Crippen LogP) is 2.66. The van der Waals surface area contributed by atoms with Gasteiger partial charge in [-0.05, 0) is 30.7 Å². The van der Waals surface area contributed by atoms with E-state index in [4.69, 9.17) is 51.1 Å². The zero-order valence-electron chi connectivity index (χ0n) is 19.5. The Morgan fingerprint density at radius 3 is 2.42 bits per heavy atom. The molecule has 1 N–H and O–H groups in total. The van der Waals surface area contributed by atoms with Gasteiger partial charge in [-0.15, -0.1) is 11.6 Å². The second kappa shape index (κ2) is 7.58. The van der Waals surface area contributed by atoms with Crippen LogP contribution in [-0.4, -0.2) is 63.4 Å². The number of nitrogens with one attached hydrogen (secondary N) is 1. The lowest BCUT2D eigenvalue weighted by molar-refractivity contribution is -0.134. The van der Waals surface area contributed by atoms with E-state index >= 15 is 0 Å². The molecule has 184 valence electrons. The summed E-state index contributed by atoms with van der Waals surface area (Å²) >= 11 is 25.9. The molecule has 3 amide bonds. The number of alkyl halides is 1. The van der Waals surface area contributed by atoms with E-state index in [1.165, 1.54) is 19.2 Å². The highest BCUT2D eigenvalue weighted by molar-refractivity contribution is 6.56. The molecule has 3 saturated heterocycles. The largest absolute Gasteiger partial charge is 0.497 e. The first kappa shape index (κ1) is 24.4. The van der Waals surface area contributed by atoms with Crippen LogP contribution in [0.2, 0.25) is 25.7 Å². The first-order valence-electron chi connectivity index (χ1n) is 11.4. The number of halogens is 4. The Labute approximate surface area is 229 Å². The Bertz CT molecular complexity index is 1410. The minimum atomic E-state index is -1.55. The Morgan fingerprint density at radius 1 is 1.03 bits per heavy atom. The molecule has 2 aromatic rings. The number of methoxy groups -OCH3 is 1. The molecule has 3 fully saturated rings. The van der Waals surface area contributed by atoms with Crippen LogP contribution in [0.15, 0.2) is 30.3 Å². The lowest BCUT2D eigenvalue weighted by Gasteiger charge is -2.43. The van der Waals surface area contributed by atoms with Gasteiger partial charge >= 0.3 is 0 Å². The average Bonchev–Trinajstić information content (AvgIpc) is 3.43. The normalized spacial score (nSPS) is 34.8. The van der Waals surface area contributed by atoms with Crippen LogP contribution in [0.1, 0.15) is 12.0 Å². The molecular weight excluding hydrogens is 546 g/mol. The fraction of sp³-hybridized carbons (Fsp3) is 0.348. The van der Waals surface area contributed by atoms with Crippen LogP contribution >= 0.6 is 46.4 Å². The first-order chi connectivity index (χ1) is 16.9. The molecule has 0 aliphatic carbocycles. The van der Waals surface area contributed by atoms with E-state index in [1.807, 2.05) is 4.90 Å². The standard InChI is InChI=1S/C23H19B2Cl4N3O4/c1-36-13-3-9(26)2-12(7-13)32-19(34)21(24)16-6-11(28)8-31(16)22(23(21,25)20(32)35)14-4-10(27)5-15(29)17(14)30-18(22)33/h2-5,7,11,16H,6,8,24-25H2,1H3,(H,30,33)/t11-,16?,21?,22?,23?/m0/s1. The van der Waals surface area contributed by atoms with Gasteiger partial charge in [0.25, 0.3) is 0 Å². The van der Waals surface area contributed by atoms with E-state index in [-0.39, 0.29) is 16.1 Å². The molecular formula is C23H19B2Cl4N3O4. The van der Waals surface area contributed by atoms with Crippen molar-refractivity contribution in [3.05, 3.63) is 51.0 Å². The summed E-state index contributed by atoms with van der Waals surface area (Å²) in [6.07, 6.45) is 0.429. The van der Waals surface area contributed by atoms with Gasteiger partial charge in [0.15, 0.2) is 0 Å². The third kappa shape index (κ3) is 2.56. The van der Waals surface area contributed by atoms with E-state index < -0.39 is 39.9 Å². The molecule has 7 nitrogen and oxygen atoms in total. The molecule has 4 aliphatic rings. The summed E-state index contributed by atoms with van der Waals surface area (Å²) in [7, 11) is 4.92. The SMILES string of the molecule is BC12C(=O)N(c3cc(Cl)cc(OC)c3)C(=O)C1(B)C1(C(=O)Nc3c(Cl)cc(Cl)cc31)N1C[C@@H](Cl)CC12. The monoisotopic (exact) mass is 563 g/mol. The van der Waals surface area contributed by atoms with Gasteiger partial charge in [0.1, 0.15) is 27.0 Å². The average molecular weight is 565 g/mol. The molecule has 4 heterocycles. The minimum absolute atomic E-state index is 0.256. The molecule has 1 spiro atoms. The smallest absolute Gasteiger partial charge is 0.250 e. The maximum Gasteiger partial charge on any atom is 0.250 e. The van der Waals surface area contributed by atoms with Crippen LogP contribution in [0.25, 0.3) is 0 Å². The van der Waals surface area contributed by atoms with Crippen LogP contribution < -0.4 is 15.0 Å². The van der Waals surface area contributed by atoms with Gasteiger partial charge < -0.3 is 10.1 Å². The molecule has 0 bridgehead atoms. The van der Waals surface area contributed by atoms with Gasteiger partial charge in [-0.1, -0.05) is 34.8 Å². The molecule has 6 rings (SSSR count). The number of imide groups is 1. The number of hydrogen-bond donors (Lipinski definition) is 1. The number of carbonyl (C=O) groups is 3. The summed E-state index contributed by atoms with van der Waals surface area (Å²) in [5, 5.41) is 0.638. The fourth-order valence-electron chi connectivity index (χ4n) is 7.10. The van der Waals surface area contributed by atoms with Gasteiger partial charge in [0.2, 0.25) is 17.7 Å². The third-order valence-electron chi connectivity index (χ3n) is 8.75. The van der Waals surface area contributed by atoms with Crippen molar-refractivity contribution < 1.29 is 19.1 Å². The van der Waals surface area contributed by atoms with Crippen LogP contribution in [0.5, 0.6) is 5.75 Å². The quantitative estimate of drug-likeness (QED) is 0.345. The number of rotatable bonds is 2. The number of anilines is 2. The lowest BCUT2D eigenvalue weighted by atomic mass is 9.39. The van der Waals surface area contributed by atoms with Gasteiger partial charge in [0.05, 0.1) is 28.8 Å². The topological polar surface area (TPSA) is 78.9 Å². The van der Waals surface area contributed by atoms with Gasteiger partial charge in [-0.25, -0.2) is 0 Å². The summed E-state index contributed by atoms with van der Waals surface area (Å²) < 4.78 is 5.32. The highest BCUT2D eigenvalue weighted by Gasteiger charge is 2.85. The van der Waals surface area contributed by atoms with Gasteiger partial charge in [0, 0.05) is 45.0 Å². The predicted molar refractivity (Wildman–Crippen MR) is 144 cm³/mol. The summed E-state index contributed by atoms with van der Waals surface area (Å²) in [6.45, 7) is 0.319. The zero-order valence-corrected chi connectivity index (χ0v) is 22.5. The van der Waals surface area contributed by atoms with Crippen molar-refractivity contribution >= 4 is 91.2 Å². The van der Waals surface area contributed by atoms with E-state index in [0.717, 1.165) is 4.90 Å². The number of fused-ring (bicyclic) bond motifs is 7. The Balaban J connectivity index is 1.66. The summed E-state index contributed by atoms with van der Waals surface area (Å²) in [5.74, 6) is -0.980. The van der Waals surface area contributed by atoms with E-state index in [2.05, 4.69) is 5.32 Å². The molecule has 13 heteroatoms. The number of nitrogens with zero attached hydrogens (tertiary/aromatic N) is 2. The van der Waals surface area contributed by atoms with E-state index in [0.29, 0.717) is 40.0 Å². The highest BCUT2D eigenvalue weighted by atomic mass is 35.5. The molecule has 5 atom stereocenters. The Morgan fingerprint density at radius 2 is 1.72 bits per heavy atom. The molecule has 4 aliphatic heterocycles. The summed E-state index contributed by atoms with van der Waals surface area (Å²) in [4.78, 5) is 46.0. The van der Waals surface area contributed by atoms with Crippen molar-refractivity contribution in [2.24, 2.45) is 0 Å². The van der Waals surface area contributed by atoms with Crippen molar-refractivity contribution in [3.8, 4) is 5.75 Å². The maximum absolute atomic E-state index is 14.6. The van der Waals surface area contributed by atoms with E-state index in [1.54, 1.807) is 33.9 Å². The third-order valence-corrected chi connectivity index (χ3v) is 9.80. The molecule has 2 aromatic carbocycles. The number of ether oxygens (including phenoxy) is 1.